The maximum atomic E-state index is 14.2. The fourth-order valence-corrected chi connectivity index (χ4v) is 7.57. The van der Waals surface area contributed by atoms with Gasteiger partial charge in [0.25, 0.3) is 0 Å². The highest BCUT2D eigenvalue weighted by atomic mass is 32.1. The van der Waals surface area contributed by atoms with Crippen LogP contribution in [0, 0.1) is 5.92 Å². The molecular weight excluding hydrogens is 611 g/mol. The highest BCUT2D eigenvalue weighted by Crippen LogP contribution is 2.29. The molecule has 0 radical (unpaired) electrons. The molecule has 0 atom stereocenters. The van der Waals surface area contributed by atoms with E-state index in [1.165, 1.54) is 4.88 Å². The van der Waals surface area contributed by atoms with Gasteiger partial charge in [0.2, 0.25) is 0 Å². The molecule has 3 aromatic heterocycles. The Morgan fingerprint density at radius 2 is 1.66 bits per heavy atom. The third-order valence-electron chi connectivity index (χ3n) is 9.14. The van der Waals surface area contributed by atoms with E-state index in [1.807, 2.05) is 83.6 Å². The van der Waals surface area contributed by atoms with Crippen LogP contribution >= 0.6 is 11.3 Å². The smallest absolute Gasteiger partial charge is 0.355 e. The molecule has 2 aliphatic heterocycles. The number of fused-ring (bicyclic) bond motifs is 1. The summed E-state index contributed by atoms with van der Waals surface area (Å²) in [7, 11) is 0. The topological polar surface area (TPSA) is 89.8 Å². The number of esters is 1. The van der Waals surface area contributed by atoms with E-state index in [0.717, 1.165) is 62.0 Å². The highest BCUT2D eigenvalue weighted by Gasteiger charge is 2.29. The summed E-state index contributed by atoms with van der Waals surface area (Å²) < 4.78 is 13.3. The Balaban J connectivity index is 1.12. The summed E-state index contributed by atoms with van der Waals surface area (Å²) in [6.07, 6.45) is 6.16. The van der Waals surface area contributed by atoms with E-state index < -0.39 is 5.97 Å². The minimum absolute atomic E-state index is 0.0814. The molecule has 7 rings (SSSR count). The van der Waals surface area contributed by atoms with Crippen LogP contribution in [0.4, 0.5) is 0 Å². The van der Waals surface area contributed by atoms with Gasteiger partial charge in [-0.1, -0.05) is 36.4 Å². The minimum atomic E-state index is -0.452. The lowest BCUT2D eigenvalue weighted by Crippen LogP contribution is -2.38. The van der Waals surface area contributed by atoms with Gasteiger partial charge in [-0.2, -0.15) is 0 Å². The van der Waals surface area contributed by atoms with Crippen LogP contribution in [0.1, 0.15) is 33.8 Å². The van der Waals surface area contributed by atoms with Crippen molar-refractivity contribution >= 4 is 28.2 Å². The van der Waals surface area contributed by atoms with Crippen LogP contribution in [0.5, 0.6) is 0 Å². The molecule has 0 bridgehead atoms. The van der Waals surface area contributed by atoms with Crippen molar-refractivity contribution in [2.45, 2.75) is 25.8 Å². The molecule has 47 heavy (non-hydrogen) atoms. The van der Waals surface area contributed by atoms with Crippen LogP contribution in [0.3, 0.4) is 0 Å². The van der Waals surface area contributed by atoms with Gasteiger partial charge in [0.15, 0.2) is 5.43 Å². The van der Waals surface area contributed by atoms with Gasteiger partial charge in [0.1, 0.15) is 17.3 Å². The van der Waals surface area contributed by atoms with Crippen LogP contribution in [0.25, 0.3) is 27.3 Å². The molecule has 2 aromatic carbocycles. The molecule has 0 amide bonds. The Morgan fingerprint density at radius 1 is 0.894 bits per heavy atom. The van der Waals surface area contributed by atoms with Crippen molar-refractivity contribution in [1.29, 1.82) is 0 Å². The zero-order chi connectivity index (χ0) is 32.0. The van der Waals surface area contributed by atoms with Crippen molar-refractivity contribution in [2.24, 2.45) is 5.92 Å². The number of morpholine rings is 1. The molecule has 10 heteroatoms. The standard InChI is InChI=1S/C37H39N5O4S/c43-35-30-10-4-5-12-33(30)42(28-8-2-1-3-9-28)34(37(44)46-23-20-40-18-21-45-22-19-40)31(35)24-27-13-16-41(17-14-27)26-29-25-39-36(47-29)32-11-6-7-15-38-32/h1-12,15,25,27H,13-14,16-24,26H2. The zero-order valence-electron chi connectivity index (χ0n) is 26.4. The lowest BCUT2D eigenvalue weighted by Gasteiger charge is -2.32. The first-order chi connectivity index (χ1) is 23.1. The quantitative estimate of drug-likeness (QED) is 0.185. The minimum Gasteiger partial charge on any atom is -0.460 e. The summed E-state index contributed by atoms with van der Waals surface area (Å²) in [5.41, 5.74) is 3.24. The van der Waals surface area contributed by atoms with Crippen molar-refractivity contribution in [3.8, 4) is 16.4 Å². The number of ether oxygens (including phenoxy) is 2. The number of carbonyl (C=O) groups excluding carboxylic acids is 1. The number of aromatic nitrogens is 3. The molecule has 2 saturated heterocycles. The Morgan fingerprint density at radius 3 is 2.45 bits per heavy atom. The van der Waals surface area contributed by atoms with Crippen molar-refractivity contribution < 1.29 is 14.3 Å². The van der Waals surface area contributed by atoms with Gasteiger partial charge in [0, 0.05) is 60.1 Å². The van der Waals surface area contributed by atoms with E-state index in [0.29, 0.717) is 48.3 Å². The second kappa shape index (κ2) is 14.7. The molecule has 2 aliphatic rings. The van der Waals surface area contributed by atoms with Crippen LogP contribution in [0.2, 0.25) is 0 Å². The number of para-hydroxylation sites is 2. The van der Waals surface area contributed by atoms with Crippen LogP contribution in [-0.2, 0) is 22.4 Å². The highest BCUT2D eigenvalue weighted by molar-refractivity contribution is 7.14. The fraction of sp³-hybridized carbons (Fsp3) is 0.351. The van der Waals surface area contributed by atoms with Crippen molar-refractivity contribution in [3.05, 3.63) is 112 Å². The lowest BCUT2D eigenvalue weighted by atomic mass is 9.88. The van der Waals surface area contributed by atoms with Crippen molar-refractivity contribution in [2.75, 3.05) is 52.5 Å². The van der Waals surface area contributed by atoms with E-state index in [4.69, 9.17) is 9.47 Å². The number of likely N-dealkylation sites (tertiary alicyclic amines) is 1. The van der Waals surface area contributed by atoms with Crippen LogP contribution in [0.15, 0.2) is 90.0 Å². The summed E-state index contributed by atoms with van der Waals surface area (Å²) >= 11 is 1.69. The predicted molar refractivity (Wildman–Crippen MR) is 184 cm³/mol. The first-order valence-corrected chi connectivity index (χ1v) is 17.2. The van der Waals surface area contributed by atoms with E-state index >= 15 is 0 Å². The fourth-order valence-electron chi connectivity index (χ4n) is 6.64. The molecule has 0 aliphatic carbocycles. The predicted octanol–water partition coefficient (Wildman–Crippen LogP) is 5.45. The maximum Gasteiger partial charge on any atom is 0.355 e. The molecule has 5 heterocycles. The molecule has 0 saturated carbocycles. The number of pyridine rings is 2. The van der Waals surface area contributed by atoms with E-state index in [2.05, 4.69) is 19.8 Å². The second-order valence-corrected chi connectivity index (χ2v) is 13.3. The van der Waals surface area contributed by atoms with E-state index in [-0.39, 0.29) is 18.0 Å². The molecule has 242 valence electrons. The Labute approximate surface area is 278 Å². The van der Waals surface area contributed by atoms with Gasteiger partial charge in [-0.05, 0) is 74.7 Å². The van der Waals surface area contributed by atoms with Gasteiger partial charge < -0.3 is 14.0 Å². The van der Waals surface area contributed by atoms with Gasteiger partial charge >= 0.3 is 5.97 Å². The third kappa shape index (κ3) is 7.21. The first kappa shape index (κ1) is 31.4. The summed E-state index contributed by atoms with van der Waals surface area (Å²) in [6.45, 7) is 6.58. The SMILES string of the molecule is O=C(OCCN1CCOCC1)c1c(CC2CCN(Cc3cnc(-c4ccccn4)s3)CC2)c(=O)c2ccccc2n1-c1ccccc1. The zero-order valence-corrected chi connectivity index (χ0v) is 27.2. The molecule has 2 fully saturated rings. The number of rotatable bonds is 10. The number of nitrogens with zero attached hydrogens (tertiary/aromatic N) is 5. The number of thiazole rings is 1. The molecule has 5 aromatic rings. The van der Waals surface area contributed by atoms with E-state index in [1.54, 1.807) is 17.5 Å². The number of benzene rings is 2. The third-order valence-corrected chi connectivity index (χ3v) is 10.1. The molecular formula is C37H39N5O4S. The van der Waals surface area contributed by atoms with Gasteiger partial charge in [-0.3, -0.25) is 19.6 Å². The van der Waals surface area contributed by atoms with Gasteiger partial charge in [-0.15, -0.1) is 11.3 Å². The summed E-state index contributed by atoms with van der Waals surface area (Å²) in [5.74, 6) is -0.180. The average Bonchev–Trinajstić information content (AvgIpc) is 3.60. The Hall–Kier alpha value is -4.22. The summed E-state index contributed by atoms with van der Waals surface area (Å²) in [6, 6.07) is 23.3. The number of piperidine rings is 1. The average molecular weight is 650 g/mol. The first-order valence-electron chi connectivity index (χ1n) is 16.4. The number of hydrogen-bond donors (Lipinski definition) is 0. The van der Waals surface area contributed by atoms with Crippen LogP contribution in [-0.4, -0.2) is 82.8 Å². The van der Waals surface area contributed by atoms with Gasteiger partial charge in [-0.25, -0.2) is 9.78 Å². The largest absolute Gasteiger partial charge is 0.460 e. The molecule has 9 nitrogen and oxygen atoms in total. The number of hydrogen-bond acceptors (Lipinski definition) is 9. The second-order valence-electron chi connectivity index (χ2n) is 12.2. The van der Waals surface area contributed by atoms with E-state index in [9.17, 15) is 9.59 Å². The normalized spacial score (nSPS) is 16.4. The monoisotopic (exact) mass is 649 g/mol. The van der Waals surface area contributed by atoms with Crippen molar-refractivity contribution in [3.63, 3.8) is 0 Å². The Kier molecular flexibility index (Phi) is 9.81. The molecule has 0 spiro atoms. The van der Waals surface area contributed by atoms with Crippen LogP contribution < -0.4 is 5.43 Å². The van der Waals surface area contributed by atoms with Crippen molar-refractivity contribution in [1.82, 2.24) is 24.3 Å². The maximum absolute atomic E-state index is 14.2. The van der Waals surface area contributed by atoms with Gasteiger partial charge in [0.05, 0.1) is 24.4 Å². The number of carbonyl (C=O) groups is 1. The molecule has 0 N–H and O–H groups in total. The Bertz CT molecular complexity index is 1860. The lowest BCUT2D eigenvalue weighted by molar-refractivity contribution is 0.0191. The summed E-state index contributed by atoms with van der Waals surface area (Å²) in [4.78, 5) is 43.2. The molecule has 0 unspecified atom stereocenters. The summed E-state index contributed by atoms with van der Waals surface area (Å²) in [5, 5.41) is 1.55.